The summed E-state index contributed by atoms with van der Waals surface area (Å²) in [6.45, 7) is 20.6. The van der Waals surface area contributed by atoms with E-state index < -0.39 is 13.9 Å². The van der Waals surface area contributed by atoms with Crippen LogP contribution in [0.2, 0.25) is 18.1 Å². The van der Waals surface area contributed by atoms with Gasteiger partial charge in [0, 0.05) is 19.1 Å². The van der Waals surface area contributed by atoms with E-state index >= 15 is 0 Å². The van der Waals surface area contributed by atoms with E-state index in [2.05, 4.69) is 94.2 Å². The summed E-state index contributed by atoms with van der Waals surface area (Å²) in [6, 6.07) is 20.8. The average molecular weight is 484 g/mol. The third-order valence-electron chi connectivity index (χ3n) is 6.55. The van der Waals surface area contributed by atoms with E-state index in [1.165, 1.54) is 11.1 Å². The van der Waals surface area contributed by atoms with Crippen molar-refractivity contribution in [2.24, 2.45) is 0 Å². The fourth-order valence-electron chi connectivity index (χ4n) is 3.79. The SMILES string of the molecule is C[C@H](O[Si](C)(C)C(C)(C)C)[C@H](CC(=O)OC(C)(C)C)N(Cc1ccccc1)Cc1ccccc1. The van der Waals surface area contributed by atoms with Gasteiger partial charge in [-0.3, -0.25) is 9.69 Å². The molecule has 0 spiro atoms. The third kappa shape index (κ3) is 9.01. The number of benzene rings is 2. The number of esters is 1. The van der Waals surface area contributed by atoms with Crippen LogP contribution in [0.3, 0.4) is 0 Å². The van der Waals surface area contributed by atoms with Gasteiger partial charge in [-0.1, -0.05) is 81.4 Å². The van der Waals surface area contributed by atoms with E-state index in [-0.39, 0.29) is 29.6 Å². The molecule has 2 atom stereocenters. The number of hydrogen-bond donors (Lipinski definition) is 0. The van der Waals surface area contributed by atoms with Crippen molar-refractivity contribution < 1.29 is 14.0 Å². The van der Waals surface area contributed by atoms with Crippen LogP contribution >= 0.6 is 0 Å². The Morgan fingerprint density at radius 3 is 1.68 bits per heavy atom. The van der Waals surface area contributed by atoms with Gasteiger partial charge in [0.1, 0.15) is 5.60 Å². The largest absolute Gasteiger partial charge is 0.460 e. The van der Waals surface area contributed by atoms with Crippen LogP contribution in [-0.4, -0.2) is 36.9 Å². The molecular formula is C29H45NO3Si. The molecule has 0 unspecified atom stereocenters. The summed E-state index contributed by atoms with van der Waals surface area (Å²) in [4.78, 5) is 15.4. The first-order valence-corrected chi connectivity index (χ1v) is 15.3. The zero-order valence-corrected chi connectivity index (χ0v) is 23.7. The van der Waals surface area contributed by atoms with Gasteiger partial charge in [0.2, 0.25) is 0 Å². The van der Waals surface area contributed by atoms with E-state index in [0.717, 1.165) is 13.1 Å². The molecule has 0 fully saturated rings. The van der Waals surface area contributed by atoms with Gasteiger partial charge in [0.05, 0.1) is 12.5 Å². The molecule has 2 aromatic carbocycles. The number of carbonyl (C=O) groups is 1. The third-order valence-corrected chi connectivity index (χ3v) is 11.1. The van der Waals surface area contributed by atoms with Crippen LogP contribution in [0.1, 0.15) is 66.0 Å². The van der Waals surface area contributed by atoms with E-state index in [1.807, 2.05) is 32.9 Å². The van der Waals surface area contributed by atoms with Gasteiger partial charge >= 0.3 is 5.97 Å². The van der Waals surface area contributed by atoms with Gasteiger partial charge in [0.15, 0.2) is 8.32 Å². The van der Waals surface area contributed by atoms with E-state index in [0.29, 0.717) is 0 Å². The maximum Gasteiger partial charge on any atom is 0.307 e. The highest BCUT2D eigenvalue weighted by Crippen LogP contribution is 2.38. The van der Waals surface area contributed by atoms with Crippen molar-refractivity contribution in [3.8, 4) is 0 Å². The van der Waals surface area contributed by atoms with Crippen LogP contribution in [0.15, 0.2) is 60.7 Å². The number of nitrogens with zero attached hydrogens (tertiary/aromatic N) is 1. The minimum absolute atomic E-state index is 0.0847. The first kappa shape index (κ1) is 28.3. The fourth-order valence-corrected chi connectivity index (χ4v) is 5.23. The van der Waals surface area contributed by atoms with Crippen LogP contribution in [-0.2, 0) is 27.0 Å². The highest BCUT2D eigenvalue weighted by molar-refractivity contribution is 6.74. The van der Waals surface area contributed by atoms with Crippen LogP contribution in [0.25, 0.3) is 0 Å². The average Bonchev–Trinajstić information content (AvgIpc) is 2.70. The van der Waals surface area contributed by atoms with Crippen molar-refractivity contribution in [2.45, 2.75) is 104 Å². The lowest BCUT2D eigenvalue weighted by Crippen LogP contribution is -2.51. The second-order valence-corrected chi connectivity index (χ2v) is 16.6. The van der Waals surface area contributed by atoms with Crippen LogP contribution in [0, 0.1) is 0 Å². The van der Waals surface area contributed by atoms with Crippen molar-refractivity contribution in [1.82, 2.24) is 4.90 Å². The quantitative estimate of drug-likeness (QED) is 0.265. The number of carbonyl (C=O) groups excluding carboxylic acids is 1. The molecule has 4 nitrogen and oxygen atoms in total. The molecule has 0 radical (unpaired) electrons. The molecule has 188 valence electrons. The maximum atomic E-state index is 13.1. The Morgan fingerprint density at radius 2 is 1.29 bits per heavy atom. The molecule has 5 heteroatoms. The Labute approximate surface area is 208 Å². The minimum atomic E-state index is -2.04. The number of rotatable bonds is 10. The zero-order valence-electron chi connectivity index (χ0n) is 22.7. The monoisotopic (exact) mass is 483 g/mol. The second-order valence-electron chi connectivity index (χ2n) is 11.8. The normalized spacial score (nSPS) is 14.6. The predicted octanol–water partition coefficient (Wildman–Crippen LogP) is 7.20. The summed E-state index contributed by atoms with van der Waals surface area (Å²) in [6.07, 6.45) is 0.160. The van der Waals surface area contributed by atoms with E-state index in [9.17, 15) is 4.79 Å². The molecule has 0 aromatic heterocycles. The topological polar surface area (TPSA) is 38.8 Å². The van der Waals surface area contributed by atoms with Crippen molar-refractivity contribution in [3.05, 3.63) is 71.8 Å². The Balaban J connectivity index is 2.41. The summed E-state index contributed by atoms with van der Waals surface area (Å²) < 4.78 is 12.6. The lowest BCUT2D eigenvalue weighted by atomic mass is 10.0. The summed E-state index contributed by atoms with van der Waals surface area (Å²) in [5.74, 6) is -0.186. The smallest absolute Gasteiger partial charge is 0.307 e. The first-order chi connectivity index (χ1) is 15.7. The van der Waals surface area contributed by atoms with Gasteiger partial charge in [-0.25, -0.2) is 0 Å². The minimum Gasteiger partial charge on any atom is -0.460 e. The Bertz CT molecular complexity index is 844. The molecule has 0 aliphatic heterocycles. The highest BCUT2D eigenvalue weighted by Gasteiger charge is 2.41. The standard InChI is InChI=1S/C29H45NO3Si/c1-23(33-34(8,9)29(5,6)7)26(20-27(31)32-28(2,3)4)30(21-24-16-12-10-13-17-24)22-25-18-14-11-15-19-25/h10-19,23,26H,20-22H2,1-9H3/t23-,26-/m0/s1. The zero-order chi connectivity index (χ0) is 25.6. The molecule has 0 amide bonds. The van der Waals surface area contributed by atoms with Gasteiger partial charge in [-0.2, -0.15) is 0 Å². The molecule has 0 aliphatic carbocycles. The molecule has 0 heterocycles. The van der Waals surface area contributed by atoms with Crippen molar-refractivity contribution in [3.63, 3.8) is 0 Å². The molecule has 0 N–H and O–H groups in total. The second kappa shape index (κ2) is 11.7. The van der Waals surface area contributed by atoms with Crippen LogP contribution < -0.4 is 0 Å². The lowest BCUT2D eigenvalue weighted by molar-refractivity contribution is -0.157. The summed E-state index contributed by atoms with van der Waals surface area (Å²) in [5, 5.41) is 0.0847. The van der Waals surface area contributed by atoms with Crippen LogP contribution in [0.4, 0.5) is 0 Å². The predicted molar refractivity (Wildman–Crippen MR) is 144 cm³/mol. The molecular weight excluding hydrogens is 438 g/mol. The van der Waals surface area contributed by atoms with Crippen LogP contribution in [0.5, 0.6) is 0 Å². The van der Waals surface area contributed by atoms with E-state index in [1.54, 1.807) is 0 Å². The molecule has 34 heavy (non-hydrogen) atoms. The number of hydrogen-bond acceptors (Lipinski definition) is 4. The molecule has 0 saturated heterocycles. The molecule has 0 bridgehead atoms. The van der Waals surface area contributed by atoms with Crippen molar-refractivity contribution >= 4 is 14.3 Å². The van der Waals surface area contributed by atoms with Gasteiger partial charge in [0.25, 0.3) is 0 Å². The van der Waals surface area contributed by atoms with Crippen molar-refractivity contribution in [1.29, 1.82) is 0 Å². The lowest BCUT2D eigenvalue weighted by Gasteiger charge is -2.43. The Morgan fingerprint density at radius 1 is 0.853 bits per heavy atom. The number of ether oxygens (including phenoxy) is 1. The van der Waals surface area contributed by atoms with Crippen molar-refractivity contribution in [2.75, 3.05) is 0 Å². The highest BCUT2D eigenvalue weighted by atomic mass is 28.4. The fraction of sp³-hybridized carbons (Fsp3) is 0.552. The maximum absolute atomic E-state index is 13.1. The summed E-state index contributed by atoms with van der Waals surface area (Å²) in [5.41, 5.74) is 1.91. The molecule has 0 saturated carbocycles. The Kier molecular flexibility index (Phi) is 9.69. The summed E-state index contributed by atoms with van der Waals surface area (Å²) in [7, 11) is -2.04. The van der Waals surface area contributed by atoms with Gasteiger partial charge in [-0.15, -0.1) is 0 Å². The van der Waals surface area contributed by atoms with Gasteiger partial charge in [-0.05, 0) is 57.0 Å². The van der Waals surface area contributed by atoms with E-state index in [4.69, 9.17) is 9.16 Å². The van der Waals surface area contributed by atoms with Gasteiger partial charge < -0.3 is 9.16 Å². The molecule has 0 aliphatic rings. The molecule has 2 rings (SSSR count). The molecule has 2 aromatic rings. The Hall–Kier alpha value is -1.95. The first-order valence-electron chi connectivity index (χ1n) is 12.4. The summed E-state index contributed by atoms with van der Waals surface area (Å²) >= 11 is 0.